The highest BCUT2D eigenvalue weighted by molar-refractivity contribution is 7.11. The van der Waals surface area contributed by atoms with Crippen LogP contribution in [0.4, 0.5) is 0 Å². The summed E-state index contributed by atoms with van der Waals surface area (Å²) in [5.74, 6) is 1.90. The molecule has 6 nitrogen and oxygen atoms in total. The molecule has 2 heterocycles. The van der Waals surface area contributed by atoms with Gasteiger partial charge in [0.25, 0.3) is 0 Å². The summed E-state index contributed by atoms with van der Waals surface area (Å²) in [5.41, 5.74) is 2.04. The Hall–Kier alpha value is -1.89. The fraction of sp³-hybridized carbons (Fsp3) is 0.562. The quantitative estimate of drug-likeness (QED) is 0.626. The van der Waals surface area contributed by atoms with Crippen molar-refractivity contribution in [1.82, 2.24) is 20.8 Å². The summed E-state index contributed by atoms with van der Waals surface area (Å²) < 4.78 is 5.32. The third-order valence-corrected chi connectivity index (χ3v) is 4.39. The SMILES string of the molecule is CCNC(=NCc1cc(C(C)C)no1)NCc1sc(C)nc1C. The zero-order valence-electron chi connectivity index (χ0n) is 14.4. The maximum atomic E-state index is 5.32. The largest absolute Gasteiger partial charge is 0.359 e. The number of rotatable bonds is 6. The molecule has 0 aliphatic carbocycles. The van der Waals surface area contributed by atoms with Crippen molar-refractivity contribution in [3.8, 4) is 0 Å². The molecule has 7 heteroatoms. The molecule has 0 radical (unpaired) electrons. The average molecular weight is 335 g/mol. The number of aryl methyl sites for hydroxylation is 2. The minimum Gasteiger partial charge on any atom is -0.359 e. The summed E-state index contributed by atoms with van der Waals surface area (Å²) in [6.45, 7) is 12.3. The monoisotopic (exact) mass is 335 g/mol. The first-order chi connectivity index (χ1) is 11.0. The first-order valence-corrected chi connectivity index (χ1v) is 8.71. The predicted molar refractivity (Wildman–Crippen MR) is 93.8 cm³/mol. The van der Waals surface area contributed by atoms with E-state index in [1.165, 1.54) is 4.88 Å². The minimum atomic E-state index is 0.361. The van der Waals surface area contributed by atoms with Crippen molar-refractivity contribution in [3.63, 3.8) is 0 Å². The van der Waals surface area contributed by atoms with E-state index in [4.69, 9.17) is 4.52 Å². The molecule has 0 fully saturated rings. The molecular weight excluding hydrogens is 310 g/mol. The molecule has 2 rings (SSSR count). The van der Waals surface area contributed by atoms with Crippen LogP contribution in [0.15, 0.2) is 15.6 Å². The molecule has 2 aromatic rings. The lowest BCUT2D eigenvalue weighted by atomic mass is 10.1. The summed E-state index contributed by atoms with van der Waals surface area (Å²) in [4.78, 5) is 10.2. The van der Waals surface area contributed by atoms with Crippen molar-refractivity contribution >= 4 is 17.3 Å². The molecule has 0 saturated carbocycles. The van der Waals surface area contributed by atoms with Crippen LogP contribution in [0.3, 0.4) is 0 Å². The Balaban J connectivity index is 1.97. The van der Waals surface area contributed by atoms with Crippen LogP contribution < -0.4 is 10.6 Å². The normalized spacial score (nSPS) is 12.0. The molecule has 0 amide bonds. The number of hydrogen-bond acceptors (Lipinski definition) is 5. The Morgan fingerprint density at radius 2 is 2.13 bits per heavy atom. The Morgan fingerprint density at radius 3 is 2.70 bits per heavy atom. The lowest BCUT2D eigenvalue weighted by Crippen LogP contribution is -2.36. The molecule has 0 saturated heterocycles. The van der Waals surface area contributed by atoms with E-state index in [1.54, 1.807) is 11.3 Å². The summed E-state index contributed by atoms with van der Waals surface area (Å²) >= 11 is 1.71. The molecule has 2 N–H and O–H groups in total. The molecule has 0 atom stereocenters. The third-order valence-electron chi connectivity index (χ3n) is 3.32. The highest BCUT2D eigenvalue weighted by Gasteiger charge is 2.08. The molecule has 0 aliphatic rings. The number of thiazole rings is 1. The van der Waals surface area contributed by atoms with Gasteiger partial charge in [0, 0.05) is 17.5 Å². The third kappa shape index (κ3) is 5.06. The number of guanidine groups is 1. The van der Waals surface area contributed by atoms with Crippen molar-refractivity contribution in [1.29, 1.82) is 0 Å². The van der Waals surface area contributed by atoms with Crippen LogP contribution in [-0.2, 0) is 13.1 Å². The second kappa shape index (κ2) is 8.10. The van der Waals surface area contributed by atoms with E-state index in [-0.39, 0.29) is 0 Å². The van der Waals surface area contributed by atoms with Crippen LogP contribution in [0, 0.1) is 13.8 Å². The highest BCUT2D eigenvalue weighted by atomic mass is 32.1. The van der Waals surface area contributed by atoms with E-state index >= 15 is 0 Å². The van der Waals surface area contributed by atoms with Gasteiger partial charge < -0.3 is 15.2 Å². The number of hydrogen-bond donors (Lipinski definition) is 2. The fourth-order valence-electron chi connectivity index (χ4n) is 2.08. The van der Waals surface area contributed by atoms with Gasteiger partial charge in [-0.1, -0.05) is 19.0 Å². The second-order valence-corrected chi connectivity index (χ2v) is 6.95. The van der Waals surface area contributed by atoms with E-state index in [9.17, 15) is 0 Å². The van der Waals surface area contributed by atoms with E-state index in [2.05, 4.69) is 39.6 Å². The Labute approximate surface area is 141 Å². The van der Waals surface area contributed by atoms with Gasteiger partial charge in [-0.15, -0.1) is 11.3 Å². The number of aliphatic imine (C=N–C) groups is 1. The average Bonchev–Trinajstić information content (AvgIpc) is 3.08. The first-order valence-electron chi connectivity index (χ1n) is 7.90. The Morgan fingerprint density at radius 1 is 1.35 bits per heavy atom. The number of nitrogens with one attached hydrogen (secondary N) is 2. The lowest BCUT2D eigenvalue weighted by Gasteiger charge is -2.10. The number of aromatic nitrogens is 2. The van der Waals surface area contributed by atoms with Crippen molar-refractivity contribution in [2.45, 2.75) is 53.6 Å². The molecular formula is C16H25N5OS. The molecule has 2 aromatic heterocycles. The van der Waals surface area contributed by atoms with Gasteiger partial charge in [-0.05, 0) is 26.7 Å². The molecule has 126 valence electrons. The molecule has 23 heavy (non-hydrogen) atoms. The molecule has 0 unspecified atom stereocenters. The van der Waals surface area contributed by atoms with Crippen molar-refractivity contribution in [2.75, 3.05) is 6.54 Å². The summed E-state index contributed by atoms with van der Waals surface area (Å²) in [7, 11) is 0. The van der Waals surface area contributed by atoms with Crippen molar-refractivity contribution < 1.29 is 4.52 Å². The van der Waals surface area contributed by atoms with Gasteiger partial charge in [-0.25, -0.2) is 9.98 Å². The van der Waals surface area contributed by atoms with Gasteiger partial charge in [0.1, 0.15) is 6.54 Å². The smallest absolute Gasteiger partial charge is 0.191 e. The molecule has 0 bridgehead atoms. The Bertz CT molecular complexity index is 659. The highest BCUT2D eigenvalue weighted by Crippen LogP contribution is 2.17. The molecule has 0 spiro atoms. The zero-order chi connectivity index (χ0) is 16.8. The maximum absolute atomic E-state index is 5.32. The lowest BCUT2D eigenvalue weighted by molar-refractivity contribution is 0.376. The van der Waals surface area contributed by atoms with Crippen LogP contribution in [0.5, 0.6) is 0 Å². The minimum absolute atomic E-state index is 0.361. The van der Waals surface area contributed by atoms with E-state index in [0.29, 0.717) is 12.5 Å². The van der Waals surface area contributed by atoms with Crippen LogP contribution in [0.2, 0.25) is 0 Å². The first kappa shape index (κ1) is 17.5. The van der Waals surface area contributed by atoms with Crippen molar-refractivity contribution in [3.05, 3.63) is 33.1 Å². The van der Waals surface area contributed by atoms with E-state index in [0.717, 1.165) is 41.2 Å². The van der Waals surface area contributed by atoms with Crippen molar-refractivity contribution in [2.24, 2.45) is 4.99 Å². The van der Waals surface area contributed by atoms with Gasteiger partial charge in [0.05, 0.1) is 22.9 Å². The maximum Gasteiger partial charge on any atom is 0.191 e. The van der Waals surface area contributed by atoms with Crippen LogP contribution in [-0.4, -0.2) is 22.6 Å². The Kier molecular flexibility index (Phi) is 6.15. The van der Waals surface area contributed by atoms with Gasteiger partial charge >= 0.3 is 0 Å². The van der Waals surface area contributed by atoms with Gasteiger partial charge in [-0.2, -0.15) is 0 Å². The van der Waals surface area contributed by atoms with Gasteiger partial charge in [0.2, 0.25) is 0 Å². The van der Waals surface area contributed by atoms with Crippen LogP contribution in [0.25, 0.3) is 0 Å². The molecule has 0 aromatic carbocycles. The standard InChI is InChI=1S/C16H25N5OS/c1-6-17-16(19-9-15-11(4)20-12(5)23-15)18-8-13-7-14(10(2)3)21-22-13/h7,10H,6,8-9H2,1-5H3,(H2,17,18,19). The van der Waals surface area contributed by atoms with E-state index in [1.807, 2.05) is 26.8 Å². The van der Waals surface area contributed by atoms with E-state index < -0.39 is 0 Å². The van der Waals surface area contributed by atoms with Gasteiger partial charge in [0.15, 0.2) is 11.7 Å². The summed E-state index contributed by atoms with van der Waals surface area (Å²) in [5, 5.41) is 11.7. The topological polar surface area (TPSA) is 75.3 Å². The second-order valence-electron chi connectivity index (χ2n) is 5.66. The number of nitrogens with zero attached hydrogens (tertiary/aromatic N) is 3. The molecule has 0 aliphatic heterocycles. The van der Waals surface area contributed by atoms with Crippen LogP contribution in [0.1, 0.15) is 53.7 Å². The zero-order valence-corrected chi connectivity index (χ0v) is 15.3. The van der Waals surface area contributed by atoms with Crippen LogP contribution >= 0.6 is 11.3 Å². The predicted octanol–water partition coefficient (Wildman–Crippen LogP) is 3.13. The fourth-order valence-corrected chi connectivity index (χ4v) is 2.95. The van der Waals surface area contributed by atoms with Gasteiger partial charge in [-0.3, -0.25) is 0 Å². The summed E-state index contributed by atoms with van der Waals surface area (Å²) in [6.07, 6.45) is 0. The summed E-state index contributed by atoms with van der Waals surface area (Å²) in [6, 6.07) is 1.97.